The number of halogens is 1. The van der Waals surface area contributed by atoms with E-state index in [1.807, 2.05) is 5.38 Å². The van der Waals surface area contributed by atoms with Crippen molar-refractivity contribution in [1.29, 1.82) is 0 Å². The van der Waals surface area contributed by atoms with Crippen molar-refractivity contribution in [3.05, 3.63) is 10.8 Å². The van der Waals surface area contributed by atoms with Crippen molar-refractivity contribution >= 4 is 34.4 Å². The van der Waals surface area contributed by atoms with Crippen LogP contribution in [0, 0.1) is 5.38 Å². The van der Waals surface area contributed by atoms with Crippen LogP contribution in [0.4, 0.5) is 0 Å². The van der Waals surface area contributed by atoms with Gasteiger partial charge in [0, 0.05) is 11.5 Å². The molecule has 5 heteroatoms. The molecule has 0 bridgehead atoms. The Labute approximate surface area is 95.8 Å². The zero-order chi connectivity index (χ0) is 6.10. The Balaban J connectivity index is 0.000000500. The molecule has 0 aromatic carbocycles. The van der Waals surface area contributed by atoms with Gasteiger partial charge in [0.2, 0.25) is 0 Å². The van der Waals surface area contributed by atoms with Crippen LogP contribution in [0.2, 0.25) is 0 Å². The van der Waals surface area contributed by atoms with Gasteiger partial charge in [-0.2, -0.15) is 0 Å². The Morgan fingerprint density at radius 2 is 2.09 bits per heavy atom. The second-order valence-electron chi connectivity index (χ2n) is 1.73. The molecular weight excluding hydrogens is 240 g/mol. The summed E-state index contributed by atoms with van der Waals surface area (Å²) in [5.74, 6) is 1.61. The third-order valence-electron chi connectivity index (χ3n) is 1.13. The van der Waals surface area contributed by atoms with Gasteiger partial charge in [-0.15, -0.1) is 5.38 Å². The van der Waals surface area contributed by atoms with Crippen LogP contribution in [-0.4, -0.2) is 36.3 Å². The number of thiophene rings is 1. The molecule has 0 saturated heterocycles. The van der Waals surface area contributed by atoms with E-state index in [4.69, 9.17) is 9.47 Å². The molecule has 2 nitrogen and oxygen atoms in total. The van der Waals surface area contributed by atoms with E-state index in [0.29, 0.717) is 13.2 Å². The van der Waals surface area contributed by atoms with Crippen molar-refractivity contribution in [2.24, 2.45) is 0 Å². The van der Waals surface area contributed by atoms with Gasteiger partial charge in [-0.25, -0.2) is 0 Å². The second-order valence-corrected chi connectivity index (χ2v) is 2.40. The van der Waals surface area contributed by atoms with Crippen LogP contribution < -0.4 is 26.5 Å². The number of hydrogen-bond donors (Lipinski definition) is 0. The van der Waals surface area contributed by atoms with Gasteiger partial charge in [-0.05, 0) is 0 Å². The molecule has 2 heterocycles. The third-order valence-corrected chi connectivity index (χ3v) is 1.76. The van der Waals surface area contributed by atoms with Crippen LogP contribution in [0.3, 0.4) is 0 Å². The minimum absolute atomic E-state index is 0. The van der Waals surface area contributed by atoms with E-state index >= 15 is 0 Å². The first kappa shape index (κ1) is 11.5. The van der Waals surface area contributed by atoms with Crippen molar-refractivity contribution in [3.63, 3.8) is 0 Å². The van der Waals surface area contributed by atoms with Crippen LogP contribution in [0.1, 0.15) is 0 Å². The fraction of sp³-hybridized carbons (Fsp3) is 0.333. The molecule has 1 aliphatic rings. The fourth-order valence-electron chi connectivity index (χ4n) is 0.736. The Bertz CT molecular complexity index is 196. The van der Waals surface area contributed by atoms with Crippen molar-refractivity contribution in [2.75, 3.05) is 13.2 Å². The molecule has 2 rings (SSSR count). The molecule has 0 aliphatic carbocycles. The second kappa shape index (κ2) is 5.24. The minimum Gasteiger partial charge on any atom is -1.00 e. The van der Waals surface area contributed by atoms with Crippen LogP contribution in [0.15, 0.2) is 5.38 Å². The summed E-state index contributed by atoms with van der Waals surface area (Å²) in [6.45, 7) is 1.32. The first-order valence-electron chi connectivity index (χ1n) is 2.71. The number of rotatable bonds is 0. The third kappa shape index (κ3) is 2.50. The average molecular weight is 245 g/mol. The van der Waals surface area contributed by atoms with E-state index in [1.54, 1.807) is 0 Å². The van der Waals surface area contributed by atoms with Crippen molar-refractivity contribution in [3.8, 4) is 11.5 Å². The molecule has 1 aromatic rings. The number of fused-ring (bicyclic) bond motifs is 1. The molecular formula is C6H5BrMgO2S. The summed E-state index contributed by atoms with van der Waals surface area (Å²) in [6.07, 6.45) is 0. The summed E-state index contributed by atoms with van der Waals surface area (Å²) in [4.78, 5) is 0. The Hall–Kier alpha value is 0.546. The maximum absolute atomic E-state index is 5.22. The summed E-state index contributed by atoms with van der Waals surface area (Å²) < 4.78 is 10.4. The van der Waals surface area contributed by atoms with E-state index in [1.165, 1.54) is 11.3 Å². The van der Waals surface area contributed by atoms with E-state index in [0.717, 1.165) is 11.5 Å². The maximum Gasteiger partial charge on any atom is 2.00 e. The summed E-state index contributed by atoms with van der Waals surface area (Å²) in [6, 6.07) is 0. The molecule has 0 radical (unpaired) electrons. The predicted octanol–water partition coefficient (Wildman–Crippen LogP) is -2.06. The van der Waals surface area contributed by atoms with Gasteiger partial charge in [0.15, 0.2) is 0 Å². The van der Waals surface area contributed by atoms with Gasteiger partial charge in [-0.3, -0.25) is 11.3 Å². The van der Waals surface area contributed by atoms with Gasteiger partial charge in [0.1, 0.15) is 13.2 Å². The Kier molecular flexibility index (Phi) is 5.50. The summed E-state index contributed by atoms with van der Waals surface area (Å²) in [5.41, 5.74) is 0. The van der Waals surface area contributed by atoms with Crippen molar-refractivity contribution in [1.82, 2.24) is 0 Å². The largest absolute Gasteiger partial charge is 2.00 e. The first-order valence-corrected chi connectivity index (χ1v) is 3.59. The van der Waals surface area contributed by atoms with Crippen LogP contribution >= 0.6 is 11.3 Å². The van der Waals surface area contributed by atoms with E-state index in [9.17, 15) is 0 Å². The molecule has 0 N–H and O–H groups in total. The molecule has 1 aromatic heterocycles. The van der Waals surface area contributed by atoms with Crippen LogP contribution in [0.25, 0.3) is 0 Å². The molecule has 11 heavy (non-hydrogen) atoms. The van der Waals surface area contributed by atoms with E-state index in [-0.39, 0.29) is 40.0 Å². The first-order chi connectivity index (χ1) is 4.47. The van der Waals surface area contributed by atoms with E-state index < -0.39 is 0 Å². The molecule has 0 amide bonds. The van der Waals surface area contributed by atoms with Gasteiger partial charge >= 0.3 is 23.1 Å². The van der Waals surface area contributed by atoms with Gasteiger partial charge < -0.3 is 26.5 Å². The SMILES string of the molecule is [Br-].[Mg+2].[c-]1scc2c1OCCO2. The summed E-state index contributed by atoms with van der Waals surface area (Å²) in [5, 5.41) is 4.85. The molecule has 0 saturated carbocycles. The smallest absolute Gasteiger partial charge is 1.00 e. The normalized spacial score (nSPS) is 12.7. The molecule has 1 aliphatic heterocycles. The molecule has 0 atom stereocenters. The van der Waals surface area contributed by atoms with Crippen LogP contribution in [-0.2, 0) is 0 Å². The number of ether oxygens (including phenoxy) is 2. The maximum atomic E-state index is 5.22. The monoisotopic (exact) mass is 244 g/mol. The van der Waals surface area contributed by atoms with Crippen molar-refractivity contribution < 1.29 is 26.5 Å². The molecule has 0 spiro atoms. The van der Waals surface area contributed by atoms with Gasteiger partial charge in [0.05, 0.1) is 0 Å². The quantitative estimate of drug-likeness (QED) is 0.387. The Morgan fingerprint density at radius 3 is 2.82 bits per heavy atom. The zero-order valence-corrected chi connectivity index (χ0v) is 9.62. The predicted molar refractivity (Wildman–Crippen MR) is 39.9 cm³/mol. The van der Waals surface area contributed by atoms with Crippen molar-refractivity contribution in [2.45, 2.75) is 0 Å². The minimum atomic E-state index is 0. The zero-order valence-electron chi connectivity index (χ0n) is 5.80. The molecule has 0 fully saturated rings. The molecule has 0 unspecified atom stereocenters. The van der Waals surface area contributed by atoms with Crippen LogP contribution in [0.5, 0.6) is 11.5 Å². The topological polar surface area (TPSA) is 18.5 Å². The standard InChI is InChI=1S/C6H5O2S.BrH.Mg/c1-2-8-6-4-9-3-5(6)7-1;;/h3H,1-2H2;1H;/q-1;;+2/p-1. The van der Waals surface area contributed by atoms with Gasteiger partial charge in [-0.1, -0.05) is 5.38 Å². The van der Waals surface area contributed by atoms with E-state index in [2.05, 4.69) is 5.38 Å². The fourth-order valence-corrected chi connectivity index (χ4v) is 1.34. The summed E-state index contributed by atoms with van der Waals surface area (Å²) in [7, 11) is 0. The summed E-state index contributed by atoms with van der Waals surface area (Å²) >= 11 is 1.48. The molecule has 56 valence electrons. The number of hydrogen-bond acceptors (Lipinski definition) is 3. The average Bonchev–Trinajstić information content (AvgIpc) is 2.33. The van der Waals surface area contributed by atoms with Gasteiger partial charge in [0.25, 0.3) is 0 Å². The Morgan fingerprint density at radius 1 is 1.36 bits per heavy atom.